The van der Waals surface area contributed by atoms with Crippen molar-refractivity contribution < 1.29 is 0 Å². The molecule has 0 saturated carbocycles. The molecule has 1 aliphatic rings. The molecule has 0 spiro atoms. The lowest BCUT2D eigenvalue weighted by atomic mass is 10.0. The molecule has 0 atom stereocenters. The van der Waals surface area contributed by atoms with E-state index in [1.165, 1.54) is 16.8 Å². The number of hydrogen-bond acceptors (Lipinski definition) is 3. The van der Waals surface area contributed by atoms with Gasteiger partial charge in [-0.1, -0.05) is 43.3 Å². The summed E-state index contributed by atoms with van der Waals surface area (Å²) in [5, 5.41) is 0. The van der Waals surface area contributed by atoms with Gasteiger partial charge in [-0.05, 0) is 30.5 Å². The summed E-state index contributed by atoms with van der Waals surface area (Å²) in [6.07, 6.45) is 2.22. The van der Waals surface area contributed by atoms with Gasteiger partial charge in [-0.15, -0.1) is 0 Å². The molecule has 23 heavy (non-hydrogen) atoms. The Labute approximate surface area is 140 Å². The first-order valence-corrected chi connectivity index (χ1v) is 8.80. The highest BCUT2D eigenvalue weighted by Gasteiger charge is 2.18. The first-order valence-electron chi connectivity index (χ1n) is 8.80. The highest BCUT2D eigenvalue weighted by molar-refractivity contribution is 5.42. The predicted octanol–water partition coefficient (Wildman–Crippen LogP) is 3.88. The topological polar surface area (TPSA) is 19.4 Å². The zero-order valence-corrected chi connectivity index (χ0v) is 14.3. The number of fused-ring (bicyclic) bond motifs is 1. The van der Waals surface area contributed by atoms with Gasteiger partial charge in [0.25, 0.3) is 0 Å². The quantitative estimate of drug-likeness (QED) is 0.807. The van der Waals surface area contributed by atoms with Crippen molar-refractivity contribution in [3.8, 4) is 0 Å². The molecule has 2 aromatic rings. The van der Waals surface area contributed by atoms with E-state index in [4.69, 9.17) is 4.98 Å². The Morgan fingerprint density at radius 3 is 2.65 bits per heavy atom. The lowest BCUT2D eigenvalue weighted by Crippen LogP contribution is -2.31. The van der Waals surface area contributed by atoms with Crippen LogP contribution in [0.5, 0.6) is 0 Å². The van der Waals surface area contributed by atoms with Crippen LogP contribution in [-0.4, -0.2) is 29.5 Å². The van der Waals surface area contributed by atoms with Gasteiger partial charge in [0.15, 0.2) is 0 Å². The van der Waals surface area contributed by atoms with E-state index in [1.54, 1.807) is 0 Å². The number of aromatic nitrogens is 1. The third-order valence-corrected chi connectivity index (χ3v) is 4.56. The molecule has 1 aliphatic heterocycles. The summed E-state index contributed by atoms with van der Waals surface area (Å²) < 4.78 is 0. The Hall–Kier alpha value is -1.87. The molecule has 2 heterocycles. The van der Waals surface area contributed by atoms with Crippen molar-refractivity contribution in [1.82, 2.24) is 9.88 Å². The van der Waals surface area contributed by atoms with Crippen molar-refractivity contribution in [2.75, 3.05) is 24.5 Å². The van der Waals surface area contributed by atoms with Gasteiger partial charge in [0, 0.05) is 44.8 Å². The zero-order chi connectivity index (χ0) is 16.1. The fourth-order valence-electron chi connectivity index (χ4n) is 3.32. The van der Waals surface area contributed by atoms with Crippen LogP contribution in [0.2, 0.25) is 0 Å². The van der Waals surface area contributed by atoms with E-state index in [0.29, 0.717) is 0 Å². The fraction of sp³-hybridized carbons (Fsp3) is 0.450. The molecule has 1 aromatic heterocycles. The van der Waals surface area contributed by atoms with Gasteiger partial charge in [-0.25, -0.2) is 4.98 Å². The summed E-state index contributed by atoms with van der Waals surface area (Å²) in [5.74, 6) is 1.14. The van der Waals surface area contributed by atoms with Gasteiger partial charge in [-0.3, -0.25) is 4.90 Å². The van der Waals surface area contributed by atoms with E-state index in [0.717, 1.165) is 51.4 Å². The third kappa shape index (κ3) is 3.91. The summed E-state index contributed by atoms with van der Waals surface area (Å²) in [6.45, 7) is 9.68. The SMILES string of the molecule is CCCN(CC)c1ccc2c(n1)CCN(Cc1ccccc1)C2. The monoisotopic (exact) mass is 309 g/mol. The summed E-state index contributed by atoms with van der Waals surface area (Å²) in [4.78, 5) is 9.83. The average molecular weight is 309 g/mol. The normalized spacial score (nSPS) is 14.5. The van der Waals surface area contributed by atoms with Crippen LogP contribution in [0.3, 0.4) is 0 Å². The molecule has 3 rings (SSSR count). The van der Waals surface area contributed by atoms with Crippen molar-refractivity contribution >= 4 is 5.82 Å². The predicted molar refractivity (Wildman–Crippen MR) is 96.7 cm³/mol. The van der Waals surface area contributed by atoms with Crippen LogP contribution in [0.4, 0.5) is 5.82 Å². The maximum atomic E-state index is 4.94. The van der Waals surface area contributed by atoms with Gasteiger partial charge in [0.2, 0.25) is 0 Å². The molecular weight excluding hydrogens is 282 g/mol. The molecule has 3 heteroatoms. The molecule has 122 valence electrons. The number of pyridine rings is 1. The van der Waals surface area contributed by atoms with Crippen LogP contribution in [-0.2, 0) is 19.5 Å². The van der Waals surface area contributed by atoms with Crippen LogP contribution < -0.4 is 4.90 Å². The van der Waals surface area contributed by atoms with E-state index < -0.39 is 0 Å². The smallest absolute Gasteiger partial charge is 0.128 e. The van der Waals surface area contributed by atoms with Crippen molar-refractivity contribution in [1.29, 1.82) is 0 Å². The molecule has 3 nitrogen and oxygen atoms in total. The molecule has 0 saturated heterocycles. The highest BCUT2D eigenvalue weighted by Crippen LogP contribution is 2.22. The second-order valence-corrected chi connectivity index (χ2v) is 6.30. The minimum absolute atomic E-state index is 1.01. The second kappa shape index (κ2) is 7.60. The van der Waals surface area contributed by atoms with Crippen LogP contribution in [0.15, 0.2) is 42.5 Å². The zero-order valence-electron chi connectivity index (χ0n) is 14.3. The summed E-state index contributed by atoms with van der Waals surface area (Å²) in [6, 6.07) is 15.2. The lowest BCUT2D eigenvalue weighted by molar-refractivity contribution is 0.243. The molecule has 0 N–H and O–H groups in total. The first kappa shape index (κ1) is 16.0. The Morgan fingerprint density at radius 2 is 1.91 bits per heavy atom. The Balaban J connectivity index is 1.70. The van der Waals surface area contributed by atoms with Gasteiger partial charge >= 0.3 is 0 Å². The molecule has 0 amide bonds. The van der Waals surface area contributed by atoms with E-state index in [2.05, 4.69) is 66.1 Å². The second-order valence-electron chi connectivity index (χ2n) is 6.30. The maximum Gasteiger partial charge on any atom is 0.128 e. The van der Waals surface area contributed by atoms with Gasteiger partial charge in [-0.2, -0.15) is 0 Å². The van der Waals surface area contributed by atoms with Gasteiger partial charge in [0.05, 0.1) is 0 Å². The number of benzene rings is 1. The molecule has 0 bridgehead atoms. The average Bonchev–Trinajstić information content (AvgIpc) is 2.60. The Morgan fingerprint density at radius 1 is 1.09 bits per heavy atom. The van der Waals surface area contributed by atoms with E-state index in [1.807, 2.05) is 0 Å². The molecule has 0 radical (unpaired) electrons. The van der Waals surface area contributed by atoms with Crippen molar-refractivity contribution in [3.63, 3.8) is 0 Å². The number of hydrogen-bond donors (Lipinski definition) is 0. The molecule has 1 aromatic carbocycles. The Kier molecular flexibility index (Phi) is 5.29. The highest BCUT2D eigenvalue weighted by atomic mass is 15.2. The van der Waals surface area contributed by atoms with Gasteiger partial charge in [0.1, 0.15) is 5.82 Å². The summed E-state index contributed by atoms with van der Waals surface area (Å²) in [7, 11) is 0. The van der Waals surface area contributed by atoms with E-state index in [9.17, 15) is 0 Å². The van der Waals surface area contributed by atoms with Crippen molar-refractivity contribution in [2.45, 2.75) is 39.8 Å². The Bertz CT molecular complexity index is 624. The molecule has 0 unspecified atom stereocenters. The standard InChI is InChI=1S/C20H27N3/c1-3-13-23(4-2)20-11-10-18-16-22(14-12-19(18)21-20)15-17-8-6-5-7-9-17/h5-11H,3-4,12-16H2,1-2H3. The van der Waals surface area contributed by atoms with Crippen molar-refractivity contribution in [2.24, 2.45) is 0 Å². The van der Waals surface area contributed by atoms with Crippen LogP contribution in [0.25, 0.3) is 0 Å². The maximum absolute atomic E-state index is 4.94. The third-order valence-electron chi connectivity index (χ3n) is 4.56. The number of rotatable bonds is 6. The number of nitrogens with zero attached hydrogens (tertiary/aromatic N) is 3. The fourth-order valence-corrected chi connectivity index (χ4v) is 3.32. The van der Waals surface area contributed by atoms with Crippen molar-refractivity contribution in [3.05, 3.63) is 59.3 Å². The van der Waals surface area contributed by atoms with E-state index in [-0.39, 0.29) is 0 Å². The van der Waals surface area contributed by atoms with Gasteiger partial charge < -0.3 is 4.90 Å². The molecular formula is C20H27N3. The van der Waals surface area contributed by atoms with Crippen LogP contribution in [0, 0.1) is 0 Å². The minimum Gasteiger partial charge on any atom is -0.357 e. The molecule has 0 aliphatic carbocycles. The summed E-state index contributed by atoms with van der Waals surface area (Å²) in [5.41, 5.74) is 4.07. The first-order chi connectivity index (χ1) is 11.3. The summed E-state index contributed by atoms with van der Waals surface area (Å²) >= 11 is 0. The molecule has 0 fully saturated rings. The minimum atomic E-state index is 1.01. The van der Waals surface area contributed by atoms with E-state index >= 15 is 0 Å². The van der Waals surface area contributed by atoms with Crippen LogP contribution >= 0.6 is 0 Å². The lowest BCUT2D eigenvalue weighted by Gasteiger charge is -2.29. The number of anilines is 1. The largest absolute Gasteiger partial charge is 0.357 e. The van der Waals surface area contributed by atoms with Crippen LogP contribution in [0.1, 0.15) is 37.1 Å².